The zero-order valence-corrected chi connectivity index (χ0v) is 12.4. The highest BCUT2D eigenvalue weighted by Crippen LogP contribution is 2.35. The van der Waals surface area contributed by atoms with Crippen molar-refractivity contribution in [2.45, 2.75) is 25.9 Å². The molecular weight excluding hydrogens is 321 g/mol. The van der Waals surface area contributed by atoms with Gasteiger partial charge < -0.3 is 10.6 Å². The van der Waals surface area contributed by atoms with E-state index in [-0.39, 0.29) is 0 Å². The molecule has 0 saturated heterocycles. The molecule has 108 valence electrons. The first-order valence-corrected chi connectivity index (χ1v) is 7.01. The average Bonchev–Trinajstić information content (AvgIpc) is 2.33. The van der Waals surface area contributed by atoms with Gasteiger partial charge in [0.2, 0.25) is 0 Å². The summed E-state index contributed by atoms with van der Waals surface area (Å²) < 4.78 is 38.2. The minimum Gasteiger partial charge on any atom is -0.369 e. The molecule has 0 amide bonds. The van der Waals surface area contributed by atoms with Gasteiger partial charge in [-0.2, -0.15) is 13.2 Å². The van der Waals surface area contributed by atoms with Crippen LogP contribution in [0.1, 0.15) is 25.3 Å². The summed E-state index contributed by atoms with van der Waals surface area (Å²) in [4.78, 5) is 2.01. The number of nitrogens with two attached hydrogens (primary N) is 1. The summed E-state index contributed by atoms with van der Waals surface area (Å²) in [6, 6.07) is 3.72. The van der Waals surface area contributed by atoms with E-state index in [4.69, 9.17) is 5.73 Å². The molecule has 19 heavy (non-hydrogen) atoms. The molecule has 0 fully saturated rings. The van der Waals surface area contributed by atoms with Gasteiger partial charge >= 0.3 is 6.18 Å². The van der Waals surface area contributed by atoms with E-state index >= 15 is 0 Å². The van der Waals surface area contributed by atoms with Crippen LogP contribution in [0.2, 0.25) is 0 Å². The van der Waals surface area contributed by atoms with Crippen molar-refractivity contribution >= 4 is 21.6 Å². The number of anilines is 1. The first kappa shape index (κ1) is 16.3. The SMILES string of the molecule is CCCCN(CCN)c1ccc(C(F)(F)F)cc1Br. The highest BCUT2D eigenvalue weighted by molar-refractivity contribution is 9.10. The quantitative estimate of drug-likeness (QED) is 0.848. The average molecular weight is 339 g/mol. The maximum Gasteiger partial charge on any atom is 0.416 e. The van der Waals surface area contributed by atoms with E-state index < -0.39 is 11.7 Å². The summed E-state index contributed by atoms with van der Waals surface area (Å²) in [7, 11) is 0. The summed E-state index contributed by atoms with van der Waals surface area (Å²) in [5.41, 5.74) is 5.66. The number of nitrogens with zero attached hydrogens (tertiary/aromatic N) is 1. The van der Waals surface area contributed by atoms with Crippen LogP contribution in [0, 0.1) is 0 Å². The summed E-state index contributed by atoms with van der Waals surface area (Å²) in [6.07, 6.45) is -2.31. The predicted molar refractivity (Wildman–Crippen MR) is 75.3 cm³/mol. The Balaban J connectivity index is 2.97. The Labute approximate surface area is 119 Å². The lowest BCUT2D eigenvalue weighted by Gasteiger charge is -2.25. The molecule has 2 nitrogen and oxygen atoms in total. The summed E-state index contributed by atoms with van der Waals surface area (Å²) in [6.45, 7) is 3.96. The van der Waals surface area contributed by atoms with Crippen LogP contribution in [0.25, 0.3) is 0 Å². The molecule has 0 bridgehead atoms. The lowest BCUT2D eigenvalue weighted by molar-refractivity contribution is -0.137. The smallest absolute Gasteiger partial charge is 0.369 e. The number of hydrogen-bond donors (Lipinski definition) is 1. The Kier molecular flexibility index (Phi) is 6.13. The number of rotatable bonds is 6. The van der Waals surface area contributed by atoms with Gasteiger partial charge in [0.05, 0.1) is 11.3 Å². The van der Waals surface area contributed by atoms with E-state index in [2.05, 4.69) is 22.9 Å². The van der Waals surface area contributed by atoms with Crippen molar-refractivity contribution in [3.63, 3.8) is 0 Å². The molecular formula is C13H18BrF3N2. The van der Waals surface area contributed by atoms with Crippen LogP contribution in [-0.4, -0.2) is 19.6 Å². The standard InChI is InChI=1S/C13H18BrF3N2/c1-2-3-7-19(8-6-18)12-5-4-10(9-11(12)14)13(15,16)17/h4-5,9H,2-3,6-8,18H2,1H3. The molecule has 0 aliphatic rings. The first-order chi connectivity index (χ1) is 8.90. The van der Waals surface area contributed by atoms with Crippen LogP contribution in [-0.2, 0) is 6.18 Å². The minimum atomic E-state index is -4.32. The normalized spacial score (nSPS) is 11.7. The maximum atomic E-state index is 12.6. The van der Waals surface area contributed by atoms with Gasteiger partial charge in [-0.1, -0.05) is 13.3 Å². The van der Waals surface area contributed by atoms with Crippen LogP contribution in [0.3, 0.4) is 0 Å². The number of benzene rings is 1. The van der Waals surface area contributed by atoms with Crippen molar-refractivity contribution < 1.29 is 13.2 Å². The zero-order chi connectivity index (χ0) is 14.5. The van der Waals surface area contributed by atoms with E-state index in [1.807, 2.05) is 4.90 Å². The molecule has 0 unspecified atom stereocenters. The molecule has 0 atom stereocenters. The van der Waals surface area contributed by atoms with Gasteiger partial charge in [-0.05, 0) is 40.5 Å². The highest BCUT2D eigenvalue weighted by Gasteiger charge is 2.31. The predicted octanol–water partition coefficient (Wildman–Crippen LogP) is 4.03. The lowest BCUT2D eigenvalue weighted by Crippen LogP contribution is -2.30. The van der Waals surface area contributed by atoms with Gasteiger partial charge in [-0.3, -0.25) is 0 Å². The minimum absolute atomic E-state index is 0.451. The molecule has 6 heteroatoms. The van der Waals surface area contributed by atoms with Gasteiger partial charge in [0.15, 0.2) is 0 Å². The second-order valence-corrected chi connectivity index (χ2v) is 5.15. The third kappa shape index (κ3) is 4.69. The summed E-state index contributed by atoms with van der Waals surface area (Å²) in [5.74, 6) is 0. The van der Waals surface area contributed by atoms with Crippen molar-refractivity contribution in [1.82, 2.24) is 0 Å². The second kappa shape index (κ2) is 7.14. The van der Waals surface area contributed by atoms with Gasteiger partial charge in [-0.15, -0.1) is 0 Å². The Morgan fingerprint density at radius 2 is 1.95 bits per heavy atom. The van der Waals surface area contributed by atoms with E-state index in [1.54, 1.807) is 0 Å². The van der Waals surface area contributed by atoms with E-state index in [0.717, 1.165) is 37.2 Å². The lowest BCUT2D eigenvalue weighted by atomic mass is 10.1. The Morgan fingerprint density at radius 3 is 2.42 bits per heavy atom. The highest BCUT2D eigenvalue weighted by atomic mass is 79.9. The van der Waals surface area contributed by atoms with Crippen LogP contribution >= 0.6 is 15.9 Å². The molecule has 0 radical (unpaired) electrons. The fourth-order valence-electron chi connectivity index (χ4n) is 1.80. The van der Waals surface area contributed by atoms with Crippen molar-refractivity contribution in [2.24, 2.45) is 5.73 Å². The maximum absolute atomic E-state index is 12.6. The molecule has 0 aromatic heterocycles. The number of unbranched alkanes of at least 4 members (excludes halogenated alkanes) is 1. The fraction of sp³-hybridized carbons (Fsp3) is 0.538. The summed E-state index contributed by atoms with van der Waals surface area (Å²) >= 11 is 3.22. The molecule has 0 heterocycles. The van der Waals surface area contributed by atoms with E-state index in [0.29, 0.717) is 17.6 Å². The Morgan fingerprint density at radius 1 is 1.26 bits per heavy atom. The van der Waals surface area contributed by atoms with Crippen molar-refractivity contribution in [2.75, 3.05) is 24.5 Å². The van der Waals surface area contributed by atoms with Crippen molar-refractivity contribution in [3.8, 4) is 0 Å². The number of halogens is 4. The second-order valence-electron chi connectivity index (χ2n) is 4.29. The number of hydrogen-bond acceptors (Lipinski definition) is 2. The largest absolute Gasteiger partial charge is 0.416 e. The molecule has 1 aromatic rings. The van der Waals surface area contributed by atoms with Gasteiger partial charge in [-0.25, -0.2) is 0 Å². The topological polar surface area (TPSA) is 29.3 Å². The van der Waals surface area contributed by atoms with E-state index in [9.17, 15) is 13.2 Å². The molecule has 1 rings (SSSR count). The molecule has 0 spiro atoms. The zero-order valence-electron chi connectivity index (χ0n) is 10.8. The third-order valence-corrected chi connectivity index (χ3v) is 3.43. The molecule has 0 aliphatic heterocycles. The molecule has 1 aromatic carbocycles. The Bertz CT molecular complexity index is 407. The monoisotopic (exact) mass is 338 g/mol. The van der Waals surface area contributed by atoms with Crippen LogP contribution < -0.4 is 10.6 Å². The van der Waals surface area contributed by atoms with Crippen LogP contribution in [0.4, 0.5) is 18.9 Å². The van der Waals surface area contributed by atoms with Gasteiger partial charge in [0.25, 0.3) is 0 Å². The van der Waals surface area contributed by atoms with Crippen molar-refractivity contribution in [3.05, 3.63) is 28.2 Å². The third-order valence-electron chi connectivity index (χ3n) is 2.80. The van der Waals surface area contributed by atoms with Crippen molar-refractivity contribution in [1.29, 1.82) is 0 Å². The van der Waals surface area contributed by atoms with E-state index in [1.165, 1.54) is 6.07 Å². The molecule has 0 aliphatic carbocycles. The molecule has 0 saturated carbocycles. The summed E-state index contributed by atoms with van der Waals surface area (Å²) in [5, 5.41) is 0. The van der Waals surface area contributed by atoms with Crippen LogP contribution in [0.15, 0.2) is 22.7 Å². The van der Waals surface area contributed by atoms with Crippen LogP contribution in [0.5, 0.6) is 0 Å². The number of alkyl halides is 3. The fourth-order valence-corrected chi connectivity index (χ4v) is 2.43. The first-order valence-electron chi connectivity index (χ1n) is 6.22. The Hall–Kier alpha value is -0.750. The van der Waals surface area contributed by atoms with Gasteiger partial charge in [0.1, 0.15) is 0 Å². The molecule has 2 N–H and O–H groups in total. The van der Waals surface area contributed by atoms with Gasteiger partial charge in [0, 0.05) is 24.1 Å².